The average Bonchev–Trinajstić information content (AvgIpc) is 3.23. The summed E-state index contributed by atoms with van der Waals surface area (Å²) in [6, 6.07) is 15.8. The maximum Gasteiger partial charge on any atom is 0.338 e. The molecule has 1 N–H and O–H groups in total. The van der Waals surface area contributed by atoms with E-state index in [1.807, 2.05) is 5.38 Å². The molecule has 28 heavy (non-hydrogen) atoms. The van der Waals surface area contributed by atoms with Crippen molar-refractivity contribution in [2.45, 2.75) is 13.0 Å². The molecule has 2 aromatic carbocycles. The first kappa shape index (κ1) is 19.2. The van der Waals surface area contributed by atoms with Crippen LogP contribution in [0.5, 0.6) is 0 Å². The van der Waals surface area contributed by atoms with E-state index in [2.05, 4.69) is 5.32 Å². The van der Waals surface area contributed by atoms with E-state index in [0.29, 0.717) is 21.7 Å². The van der Waals surface area contributed by atoms with Crippen molar-refractivity contribution in [2.75, 3.05) is 5.32 Å². The fraction of sp³-hybridized carbons (Fsp3) is 0.100. The number of benzene rings is 2. The normalized spacial score (nSPS) is 11.5. The lowest BCUT2D eigenvalue weighted by Gasteiger charge is -2.14. The number of thiophene rings is 1. The first-order chi connectivity index (χ1) is 13.4. The highest BCUT2D eigenvalue weighted by Crippen LogP contribution is 2.23. The molecule has 3 rings (SSSR count). The molecule has 142 valence electrons. The van der Waals surface area contributed by atoms with Gasteiger partial charge in [0.15, 0.2) is 0 Å². The minimum Gasteiger partial charge on any atom is -0.454 e. The molecule has 0 saturated carbocycles. The van der Waals surface area contributed by atoms with Gasteiger partial charge in [-0.1, -0.05) is 18.2 Å². The number of nitrogens with zero attached hydrogens (tertiary/aromatic N) is 1. The molecule has 0 radical (unpaired) electrons. The fourth-order valence-electron chi connectivity index (χ4n) is 2.48. The van der Waals surface area contributed by atoms with Gasteiger partial charge in [-0.05, 0) is 48.2 Å². The van der Waals surface area contributed by atoms with Gasteiger partial charge in [0.25, 0.3) is 11.6 Å². The zero-order chi connectivity index (χ0) is 20.1. The van der Waals surface area contributed by atoms with Crippen molar-refractivity contribution in [3.8, 4) is 0 Å². The topological polar surface area (TPSA) is 98.5 Å². The molecular formula is C20H16N2O5S. The Hall–Kier alpha value is -3.52. The first-order valence-corrected chi connectivity index (χ1v) is 9.22. The molecule has 8 heteroatoms. The Kier molecular flexibility index (Phi) is 5.81. The summed E-state index contributed by atoms with van der Waals surface area (Å²) >= 11 is 1.34. The average molecular weight is 396 g/mol. The predicted octanol–water partition coefficient (Wildman–Crippen LogP) is 4.83. The van der Waals surface area contributed by atoms with Crippen LogP contribution in [0.4, 0.5) is 11.4 Å². The molecule has 7 nitrogen and oxygen atoms in total. The van der Waals surface area contributed by atoms with E-state index in [1.165, 1.54) is 23.5 Å². The van der Waals surface area contributed by atoms with Crippen LogP contribution in [0, 0.1) is 10.1 Å². The van der Waals surface area contributed by atoms with Crippen LogP contribution >= 0.6 is 11.3 Å². The summed E-state index contributed by atoms with van der Waals surface area (Å²) in [6.45, 7) is 1.65. The van der Waals surface area contributed by atoms with Crippen molar-refractivity contribution in [2.24, 2.45) is 0 Å². The summed E-state index contributed by atoms with van der Waals surface area (Å²) in [5, 5.41) is 15.4. The van der Waals surface area contributed by atoms with Gasteiger partial charge in [-0.3, -0.25) is 14.9 Å². The number of hydrogen-bond donors (Lipinski definition) is 1. The van der Waals surface area contributed by atoms with Crippen LogP contribution < -0.4 is 5.32 Å². The van der Waals surface area contributed by atoms with Gasteiger partial charge in [0, 0.05) is 17.8 Å². The van der Waals surface area contributed by atoms with Crippen molar-refractivity contribution >= 4 is 34.6 Å². The predicted molar refractivity (Wildman–Crippen MR) is 106 cm³/mol. The van der Waals surface area contributed by atoms with Crippen molar-refractivity contribution in [3.63, 3.8) is 0 Å². The number of ether oxygens (including phenoxy) is 1. The van der Waals surface area contributed by atoms with Crippen LogP contribution in [0.25, 0.3) is 0 Å². The van der Waals surface area contributed by atoms with Gasteiger partial charge in [0.05, 0.1) is 15.4 Å². The molecule has 0 bridgehead atoms. The number of nitro groups is 1. The third-order valence-corrected chi connectivity index (χ3v) is 4.83. The highest BCUT2D eigenvalue weighted by atomic mass is 32.1. The molecule has 0 aliphatic heterocycles. The summed E-state index contributed by atoms with van der Waals surface area (Å²) in [4.78, 5) is 35.3. The second-order valence-electron chi connectivity index (χ2n) is 5.91. The van der Waals surface area contributed by atoms with Gasteiger partial charge >= 0.3 is 5.97 Å². The third-order valence-electron chi connectivity index (χ3n) is 3.96. The molecule has 0 unspecified atom stereocenters. The van der Waals surface area contributed by atoms with Crippen molar-refractivity contribution < 1.29 is 19.2 Å². The zero-order valence-corrected chi connectivity index (χ0v) is 15.6. The Morgan fingerprint density at radius 2 is 1.86 bits per heavy atom. The lowest BCUT2D eigenvalue weighted by molar-refractivity contribution is -0.385. The number of rotatable bonds is 6. The smallest absolute Gasteiger partial charge is 0.338 e. The SMILES string of the molecule is C[C@@H](OC(=O)c1ccc(NC(=O)c2cccs2)cc1)c1cccc([N+](=O)[O-])c1. The van der Waals surface area contributed by atoms with Crippen LogP contribution in [0.2, 0.25) is 0 Å². The first-order valence-electron chi connectivity index (χ1n) is 8.34. The highest BCUT2D eigenvalue weighted by molar-refractivity contribution is 7.12. The third kappa shape index (κ3) is 4.60. The molecule has 3 aromatic rings. The minimum absolute atomic E-state index is 0.0637. The summed E-state index contributed by atoms with van der Waals surface area (Å²) < 4.78 is 5.39. The molecular weight excluding hydrogens is 380 g/mol. The van der Waals surface area contributed by atoms with Crippen LogP contribution in [0.3, 0.4) is 0 Å². The van der Waals surface area contributed by atoms with Crippen LogP contribution in [0.15, 0.2) is 66.0 Å². The van der Waals surface area contributed by atoms with Gasteiger partial charge in [-0.15, -0.1) is 11.3 Å². The van der Waals surface area contributed by atoms with Gasteiger partial charge < -0.3 is 10.1 Å². The van der Waals surface area contributed by atoms with Crippen LogP contribution in [-0.4, -0.2) is 16.8 Å². The Bertz CT molecular complexity index is 1000. The molecule has 0 aliphatic carbocycles. The quantitative estimate of drug-likeness (QED) is 0.366. The lowest BCUT2D eigenvalue weighted by atomic mass is 10.1. The minimum atomic E-state index is -0.648. The van der Waals surface area contributed by atoms with Crippen LogP contribution in [0.1, 0.15) is 38.6 Å². The molecule has 0 spiro atoms. The zero-order valence-electron chi connectivity index (χ0n) is 14.8. The summed E-state index contributed by atoms with van der Waals surface area (Å²) in [6.07, 6.45) is -0.648. The molecule has 0 saturated heterocycles. The van der Waals surface area contributed by atoms with E-state index in [-0.39, 0.29) is 11.6 Å². The molecule has 0 aliphatic rings. The number of carbonyl (C=O) groups excluding carboxylic acids is 2. The van der Waals surface area contributed by atoms with Crippen molar-refractivity contribution in [1.29, 1.82) is 0 Å². The molecule has 1 aromatic heterocycles. The molecule has 1 atom stereocenters. The maximum absolute atomic E-state index is 12.3. The largest absolute Gasteiger partial charge is 0.454 e. The standard InChI is InChI=1S/C20H16N2O5S/c1-13(15-4-2-5-17(12-15)22(25)26)27-20(24)14-7-9-16(10-8-14)21-19(23)18-6-3-11-28-18/h2-13H,1H3,(H,21,23)/t13-/m1/s1. The van der Waals surface area contributed by atoms with E-state index >= 15 is 0 Å². The Balaban J connectivity index is 1.63. The second-order valence-corrected chi connectivity index (χ2v) is 6.86. The number of carbonyl (C=O) groups is 2. The molecule has 1 heterocycles. The summed E-state index contributed by atoms with van der Waals surface area (Å²) in [7, 11) is 0. The molecule has 1 amide bonds. The van der Waals surface area contributed by atoms with E-state index in [4.69, 9.17) is 4.74 Å². The summed E-state index contributed by atoms with van der Waals surface area (Å²) in [5.41, 5.74) is 1.33. The van der Waals surface area contributed by atoms with E-state index in [9.17, 15) is 19.7 Å². The number of nitro benzene ring substituents is 1. The summed E-state index contributed by atoms with van der Waals surface area (Å²) in [5.74, 6) is -0.778. The van der Waals surface area contributed by atoms with Crippen molar-refractivity contribution in [3.05, 3.63) is 92.2 Å². The van der Waals surface area contributed by atoms with Gasteiger partial charge in [-0.25, -0.2) is 4.79 Å². The van der Waals surface area contributed by atoms with Gasteiger partial charge in [0.1, 0.15) is 6.10 Å². The van der Waals surface area contributed by atoms with Gasteiger partial charge in [0.2, 0.25) is 0 Å². The van der Waals surface area contributed by atoms with E-state index in [0.717, 1.165) is 0 Å². The van der Waals surface area contributed by atoms with Crippen LogP contribution in [-0.2, 0) is 4.74 Å². The number of nitrogens with one attached hydrogen (secondary N) is 1. The highest BCUT2D eigenvalue weighted by Gasteiger charge is 2.16. The van der Waals surface area contributed by atoms with Crippen molar-refractivity contribution in [1.82, 2.24) is 0 Å². The number of non-ortho nitro benzene ring substituents is 1. The monoisotopic (exact) mass is 396 g/mol. The van der Waals surface area contributed by atoms with Gasteiger partial charge in [-0.2, -0.15) is 0 Å². The molecule has 0 fully saturated rings. The number of anilines is 1. The maximum atomic E-state index is 12.3. The lowest BCUT2D eigenvalue weighted by Crippen LogP contribution is -2.11. The van der Waals surface area contributed by atoms with E-state index < -0.39 is 17.0 Å². The fourth-order valence-corrected chi connectivity index (χ4v) is 3.10. The second kappa shape index (κ2) is 8.45. The number of amides is 1. The Morgan fingerprint density at radius 3 is 2.50 bits per heavy atom. The van der Waals surface area contributed by atoms with E-state index in [1.54, 1.807) is 55.5 Å². The number of hydrogen-bond acceptors (Lipinski definition) is 6. The Morgan fingerprint density at radius 1 is 1.11 bits per heavy atom. The Labute approximate surface area is 164 Å². The number of esters is 1.